The second kappa shape index (κ2) is 13.9. The number of methoxy groups -OCH3 is 1. The minimum absolute atomic E-state index is 0.0660. The number of anilines is 1. The molecule has 3 amide bonds. The van der Waals surface area contributed by atoms with Crippen LogP contribution in [0.5, 0.6) is 11.5 Å². The second-order valence-electron chi connectivity index (χ2n) is 11.0. The van der Waals surface area contributed by atoms with Crippen LogP contribution in [0.15, 0.2) is 42.5 Å². The highest BCUT2D eigenvalue weighted by Crippen LogP contribution is 2.33. The van der Waals surface area contributed by atoms with Crippen LogP contribution in [0, 0.1) is 12.8 Å². The molecular weight excluding hydrogens is 498 g/mol. The average Bonchev–Trinajstić information content (AvgIpc) is 2.84. The van der Waals surface area contributed by atoms with Gasteiger partial charge < -0.3 is 30.1 Å². The molecule has 0 saturated carbocycles. The standard InChI is InChI=1S/C30H43N3O6/c1-9-17-33(28(36)24(18-19(2)3)32-29(37)39-30(5,6)7)25(23-12-10-11-20(4)26(23)34)27(35)31-21-13-15-22(38-8)16-14-21/h10-16,19,24-25,34H,9,17-18H2,1-8H3,(H,31,35)(H,32,37). The number of hydrogen-bond acceptors (Lipinski definition) is 6. The van der Waals surface area contributed by atoms with Gasteiger partial charge in [0.05, 0.1) is 7.11 Å². The maximum Gasteiger partial charge on any atom is 0.408 e. The minimum Gasteiger partial charge on any atom is -0.507 e. The molecule has 2 atom stereocenters. The number of ether oxygens (including phenoxy) is 2. The minimum atomic E-state index is -1.16. The summed E-state index contributed by atoms with van der Waals surface area (Å²) in [6.45, 7) is 13.0. The lowest BCUT2D eigenvalue weighted by atomic mass is 9.97. The highest BCUT2D eigenvalue weighted by Gasteiger charge is 2.37. The fraction of sp³-hybridized carbons (Fsp3) is 0.500. The Balaban J connectivity index is 2.54. The zero-order valence-electron chi connectivity index (χ0n) is 24.3. The fourth-order valence-electron chi connectivity index (χ4n) is 4.19. The number of nitrogens with zero attached hydrogens (tertiary/aromatic N) is 1. The van der Waals surface area contributed by atoms with Gasteiger partial charge in [0, 0.05) is 17.8 Å². The van der Waals surface area contributed by atoms with Crippen molar-refractivity contribution in [3.8, 4) is 11.5 Å². The first-order valence-corrected chi connectivity index (χ1v) is 13.3. The maximum absolute atomic E-state index is 14.1. The van der Waals surface area contributed by atoms with Crippen LogP contribution in [0.2, 0.25) is 0 Å². The van der Waals surface area contributed by atoms with Gasteiger partial charge in [-0.1, -0.05) is 39.0 Å². The number of rotatable bonds is 11. The van der Waals surface area contributed by atoms with Crippen LogP contribution in [0.3, 0.4) is 0 Å². The number of aromatic hydroxyl groups is 1. The van der Waals surface area contributed by atoms with Gasteiger partial charge in [-0.15, -0.1) is 0 Å². The van der Waals surface area contributed by atoms with E-state index in [0.717, 1.165) is 0 Å². The van der Waals surface area contributed by atoms with Crippen LogP contribution < -0.4 is 15.4 Å². The third kappa shape index (κ3) is 9.19. The summed E-state index contributed by atoms with van der Waals surface area (Å²) in [6.07, 6.45) is 0.173. The maximum atomic E-state index is 14.1. The predicted octanol–water partition coefficient (Wildman–Crippen LogP) is 5.57. The summed E-state index contributed by atoms with van der Waals surface area (Å²) in [6, 6.07) is 9.83. The molecule has 0 bridgehead atoms. The number of benzene rings is 2. The number of alkyl carbamates (subject to hydrolysis) is 1. The van der Waals surface area contributed by atoms with Crippen molar-refractivity contribution < 1.29 is 29.0 Å². The summed E-state index contributed by atoms with van der Waals surface area (Å²) in [5.74, 6) is -0.304. The number of phenols is 1. The topological polar surface area (TPSA) is 117 Å². The molecule has 9 nitrogen and oxygen atoms in total. The van der Waals surface area contributed by atoms with Gasteiger partial charge in [-0.05, 0) is 76.3 Å². The van der Waals surface area contributed by atoms with Gasteiger partial charge >= 0.3 is 6.09 Å². The molecule has 0 aliphatic heterocycles. The Morgan fingerprint density at radius 3 is 2.23 bits per heavy atom. The normalized spacial score (nSPS) is 12.8. The lowest BCUT2D eigenvalue weighted by molar-refractivity contribution is -0.141. The Morgan fingerprint density at radius 1 is 1.05 bits per heavy atom. The number of para-hydroxylation sites is 1. The molecule has 2 unspecified atom stereocenters. The van der Waals surface area contributed by atoms with Crippen molar-refractivity contribution >= 4 is 23.6 Å². The zero-order chi connectivity index (χ0) is 29.3. The molecule has 0 aliphatic rings. The van der Waals surface area contributed by atoms with E-state index in [-0.39, 0.29) is 18.2 Å². The van der Waals surface area contributed by atoms with Crippen LogP contribution in [0.1, 0.15) is 71.6 Å². The highest BCUT2D eigenvalue weighted by molar-refractivity contribution is 5.99. The lowest BCUT2D eigenvalue weighted by Crippen LogP contribution is -2.53. The quantitative estimate of drug-likeness (QED) is 0.343. The van der Waals surface area contributed by atoms with Crippen molar-refractivity contribution in [1.82, 2.24) is 10.2 Å². The molecule has 3 N–H and O–H groups in total. The Labute approximate surface area is 231 Å². The van der Waals surface area contributed by atoms with Crippen LogP contribution >= 0.6 is 0 Å². The van der Waals surface area contributed by atoms with Crippen LogP contribution in [0.25, 0.3) is 0 Å². The molecule has 214 valence electrons. The van der Waals surface area contributed by atoms with Crippen molar-refractivity contribution in [1.29, 1.82) is 0 Å². The predicted molar refractivity (Wildman–Crippen MR) is 152 cm³/mol. The number of hydrogen-bond donors (Lipinski definition) is 3. The molecular formula is C30H43N3O6. The second-order valence-corrected chi connectivity index (χ2v) is 11.0. The van der Waals surface area contributed by atoms with Crippen molar-refractivity contribution in [2.75, 3.05) is 19.0 Å². The van der Waals surface area contributed by atoms with E-state index in [2.05, 4.69) is 10.6 Å². The summed E-state index contributed by atoms with van der Waals surface area (Å²) >= 11 is 0. The molecule has 0 aliphatic carbocycles. The van der Waals surface area contributed by atoms with Gasteiger partial charge in [0.25, 0.3) is 5.91 Å². The van der Waals surface area contributed by atoms with E-state index in [9.17, 15) is 19.5 Å². The lowest BCUT2D eigenvalue weighted by Gasteiger charge is -2.35. The summed E-state index contributed by atoms with van der Waals surface area (Å²) in [5.41, 5.74) is 0.632. The Hall–Kier alpha value is -3.75. The molecule has 0 spiro atoms. The van der Waals surface area contributed by atoms with E-state index in [4.69, 9.17) is 9.47 Å². The van der Waals surface area contributed by atoms with Gasteiger partial charge in [0.1, 0.15) is 29.2 Å². The number of carbonyl (C=O) groups excluding carboxylic acids is 3. The molecule has 9 heteroatoms. The molecule has 39 heavy (non-hydrogen) atoms. The number of carbonyl (C=O) groups is 3. The Bertz CT molecular complexity index is 1120. The number of nitrogens with one attached hydrogen (secondary N) is 2. The van der Waals surface area contributed by atoms with Crippen molar-refractivity contribution in [2.24, 2.45) is 5.92 Å². The van der Waals surface area contributed by atoms with Crippen LogP contribution in [-0.4, -0.2) is 53.2 Å². The molecule has 2 aromatic rings. The molecule has 2 rings (SSSR count). The summed E-state index contributed by atoms with van der Waals surface area (Å²) < 4.78 is 10.6. The zero-order valence-corrected chi connectivity index (χ0v) is 24.3. The van der Waals surface area contributed by atoms with Gasteiger partial charge in [0.15, 0.2) is 0 Å². The smallest absolute Gasteiger partial charge is 0.408 e. The Morgan fingerprint density at radius 2 is 1.69 bits per heavy atom. The average molecular weight is 542 g/mol. The van der Waals surface area contributed by atoms with Gasteiger partial charge in [-0.2, -0.15) is 0 Å². The van der Waals surface area contributed by atoms with E-state index < -0.39 is 35.6 Å². The molecule has 0 heterocycles. The van der Waals surface area contributed by atoms with Gasteiger partial charge in [0.2, 0.25) is 5.91 Å². The molecule has 0 radical (unpaired) electrons. The van der Waals surface area contributed by atoms with Crippen molar-refractivity contribution in [2.45, 2.75) is 79.0 Å². The van der Waals surface area contributed by atoms with Crippen LogP contribution in [-0.2, 0) is 14.3 Å². The molecule has 2 aromatic carbocycles. The van der Waals surface area contributed by atoms with E-state index in [0.29, 0.717) is 35.4 Å². The van der Waals surface area contributed by atoms with E-state index in [1.54, 1.807) is 77.3 Å². The SMILES string of the molecule is CCCN(C(=O)C(CC(C)C)NC(=O)OC(C)(C)C)C(C(=O)Nc1ccc(OC)cc1)c1cccc(C)c1O. The number of phenolic OH excluding ortho intramolecular Hbond substituents is 1. The third-order valence-corrected chi connectivity index (χ3v) is 5.92. The van der Waals surface area contributed by atoms with Crippen molar-refractivity contribution in [3.05, 3.63) is 53.6 Å². The van der Waals surface area contributed by atoms with E-state index in [1.807, 2.05) is 20.8 Å². The molecule has 0 saturated heterocycles. The first-order valence-electron chi connectivity index (χ1n) is 13.3. The fourth-order valence-corrected chi connectivity index (χ4v) is 4.19. The largest absolute Gasteiger partial charge is 0.507 e. The summed E-state index contributed by atoms with van der Waals surface area (Å²) in [7, 11) is 1.55. The number of amides is 3. The first-order chi connectivity index (χ1) is 18.3. The van der Waals surface area contributed by atoms with Gasteiger partial charge in [-0.3, -0.25) is 9.59 Å². The summed E-state index contributed by atoms with van der Waals surface area (Å²) in [4.78, 5) is 42.0. The molecule has 0 aromatic heterocycles. The Kier molecular flexibility index (Phi) is 11.2. The summed E-state index contributed by atoms with van der Waals surface area (Å²) in [5, 5.41) is 16.6. The molecule has 0 fully saturated rings. The van der Waals surface area contributed by atoms with E-state index >= 15 is 0 Å². The van der Waals surface area contributed by atoms with Crippen LogP contribution in [0.4, 0.5) is 10.5 Å². The first kappa shape index (κ1) is 31.5. The highest BCUT2D eigenvalue weighted by atomic mass is 16.6. The van der Waals surface area contributed by atoms with E-state index in [1.165, 1.54) is 4.90 Å². The third-order valence-electron chi connectivity index (χ3n) is 5.92. The monoisotopic (exact) mass is 541 g/mol. The number of aryl methyl sites for hydroxylation is 1. The van der Waals surface area contributed by atoms with Gasteiger partial charge in [-0.25, -0.2) is 4.79 Å². The van der Waals surface area contributed by atoms with Crippen molar-refractivity contribution in [3.63, 3.8) is 0 Å².